The quantitative estimate of drug-likeness (QED) is 0.731. The van der Waals surface area contributed by atoms with Crippen LogP contribution in [0.2, 0.25) is 0 Å². The molecule has 0 aliphatic heterocycles. The highest BCUT2D eigenvalue weighted by Gasteiger charge is 2.35. The molecule has 3 aromatic rings. The summed E-state index contributed by atoms with van der Waals surface area (Å²) in [6, 6.07) is 6.66. The molecule has 3 nitrogen and oxygen atoms in total. The van der Waals surface area contributed by atoms with Crippen LogP contribution in [-0.4, -0.2) is 15.2 Å². The minimum Gasteiger partial charge on any atom is -0.277 e. The molecule has 20 heavy (non-hydrogen) atoms. The lowest BCUT2D eigenvalue weighted by Gasteiger charge is -2.06. The molecule has 0 saturated heterocycles. The van der Waals surface area contributed by atoms with Gasteiger partial charge in [-0.05, 0) is 36.2 Å². The molecule has 0 atom stereocenters. The number of aromatic amines is 1. The Balaban J connectivity index is 2.22. The second-order valence-electron chi connectivity index (χ2n) is 4.52. The van der Waals surface area contributed by atoms with Crippen LogP contribution in [0.5, 0.6) is 0 Å². The molecule has 102 valence electrons. The van der Waals surface area contributed by atoms with Gasteiger partial charge in [-0.2, -0.15) is 18.3 Å². The zero-order valence-electron chi connectivity index (χ0n) is 10.5. The molecular formula is C14H10F3N3. The number of aryl methyl sites for hydroxylation is 1. The smallest absolute Gasteiger partial charge is 0.277 e. The van der Waals surface area contributed by atoms with E-state index in [1.54, 1.807) is 24.5 Å². The number of H-pyrrole nitrogens is 1. The molecule has 0 spiro atoms. The predicted molar refractivity (Wildman–Crippen MR) is 69.1 cm³/mol. The Bertz CT molecular complexity index is 775. The van der Waals surface area contributed by atoms with E-state index in [0.717, 1.165) is 11.1 Å². The molecule has 6 heteroatoms. The van der Waals surface area contributed by atoms with E-state index in [0.29, 0.717) is 11.1 Å². The lowest BCUT2D eigenvalue weighted by atomic mass is 10.0. The minimum absolute atomic E-state index is 0.0678. The van der Waals surface area contributed by atoms with Gasteiger partial charge in [0, 0.05) is 23.3 Å². The van der Waals surface area contributed by atoms with Crippen LogP contribution in [0.3, 0.4) is 0 Å². The molecule has 0 radical (unpaired) electrons. The molecule has 0 saturated carbocycles. The largest absolute Gasteiger partial charge is 0.435 e. The molecule has 0 fully saturated rings. The third kappa shape index (κ3) is 2.03. The molecule has 0 amide bonds. The summed E-state index contributed by atoms with van der Waals surface area (Å²) in [5.74, 6) is 0. The highest BCUT2D eigenvalue weighted by molar-refractivity contribution is 5.87. The van der Waals surface area contributed by atoms with Crippen LogP contribution in [0, 0.1) is 6.92 Å². The number of aromatic nitrogens is 3. The minimum atomic E-state index is -4.47. The highest BCUT2D eigenvalue weighted by atomic mass is 19.4. The third-order valence-electron chi connectivity index (χ3n) is 3.18. The number of nitrogens with one attached hydrogen (secondary N) is 1. The average molecular weight is 277 g/mol. The first-order chi connectivity index (χ1) is 9.47. The van der Waals surface area contributed by atoms with E-state index in [4.69, 9.17) is 0 Å². The van der Waals surface area contributed by atoms with Crippen LogP contribution < -0.4 is 0 Å². The number of benzene rings is 1. The Morgan fingerprint density at radius 3 is 2.65 bits per heavy atom. The van der Waals surface area contributed by atoms with Crippen LogP contribution in [0.25, 0.3) is 22.0 Å². The van der Waals surface area contributed by atoms with E-state index in [1.165, 1.54) is 6.07 Å². The molecule has 0 bridgehead atoms. The molecule has 0 aliphatic carbocycles. The summed E-state index contributed by atoms with van der Waals surface area (Å²) in [7, 11) is 0. The first-order valence-corrected chi connectivity index (χ1v) is 5.93. The Morgan fingerprint density at radius 2 is 1.95 bits per heavy atom. The summed E-state index contributed by atoms with van der Waals surface area (Å²) < 4.78 is 38.6. The van der Waals surface area contributed by atoms with Gasteiger partial charge in [-0.25, -0.2) is 0 Å². The van der Waals surface area contributed by atoms with Gasteiger partial charge in [0.1, 0.15) is 0 Å². The average Bonchev–Trinajstić information content (AvgIpc) is 2.82. The second kappa shape index (κ2) is 4.33. The van der Waals surface area contributed by atoms with Crippen molar-refractivity contribution in [3.63, 3.8) is 0 Å². The van der Waals surface area contributed by atoms with Crippen LogP contribution in [-0.2, 0) is 6.18 Å². The Kier molecular flexibility index (Phi) is 2.74. The van der Waals surface area contributed by atoms with Gasteiger partial charge in [-0.15, -0.1) is 0 Å². The normalized spacial score (nSPS) is 12.0. The van der Waals surface area contributed by atoms with E-state index < -0.39 is 11.9 Å². The van der Waals surface area contributed by atoms with E-state index in [2.05, 4.69) is 15.2 Å². The van der Waals surface area contributed by atoms with Gasteiger partial charge in [0.15, 0.2) is 5.69 Å². The molecule has 0 unspecified atom stereocenters. The molecular weight excluding hydrogens is 267 g/mol. The van der Waals surface area contributed by atoms with E-state index in [9.17, 15) is 13.2 Å². The summed E-state index contributed by atoms with van der Waals surface area (Å²) in [6.07, 6.45) is -1.18. The van der Waals surface area contributed by atoms with Crippen molar-refractivity contribution in [1.82, 2.24) is 15.2 Å². The highest BCUT2D eigenvalue weighted by Crippen LogP contribution is 2.35. The maximum absolute atomic E-state index is 12.9. The first kappa shape index (κ1) is 12.7. The number of hydrogen-bond donors (Lipinski definition) is 1. The summed E-state index contributed by atoms with van der Waals surface area (Å²) in [5.41, 5.74) is 1.92. The fourth-order valence-corrected chi connectivity index (χ4v) is 2.16. The maximum Gasteiger partial charge on any atom is 0.435 e. The number of hydrogen-bond acceptors (Lipinski definition) is 2. The van der Waals surface area contributed by atoms with Gasteiger partial charge in [0.25, 0.3) is 0 Å². The van der Waals surface area contributed by atoms with Crippen LogP contribution in [0.15, 0.2) is 36.7 Å². The molecule has 1 N–H and O–H groups in total. The van der Waals surface area contributed by atoms with Gasteiger partial charge in [-0.1, -0.05) is 6.07 Å². The van der Waals surface area contributed by atoms with Crippen molar-refractivity contribution in [2.45, 2.75) is 13.1 Å². The van der Waals surface area contributed by atoms with Gasteiger partial charge < -0.3 is 0 Å². The van der Waals surface area contributed by atoms with Gasteiger partial charge >= 0.3 is 6.18 Å². The summed E-state index contributed by atoms with van der Waals surface area (Å²) >= 11 is 0. The second-order valence-corrected chi connectivity index (χ2v) is 4.52. The van der Waals surface area contributed by atoms with Crippen molar-refractivity contribution in [2.75, 3.05) is 0 Å². The van der Waals surface area contributed by atoms with Crippen molar-refractivity contribution < 1.29 is 13.2 Å². The van der Waals surface area contributed by atoms with Crippen LogP contribution in [0.1, 0.15) is 11.3 Å². The predicted octanol–water partition coefficient (Wildman–Crippen LogP) is 3.95. The number of nitrogens with zero attached hydrogens (tertiary/aromatic N) is 2. The topological polar surface area (TPSA) is 41.6 Å². The third-order valence-corrected chi connectivity index (χ3v) is 3.18. The van der Waals surface area contributed by atoms with Gasteiger partial charge in [0.2, 0.25) is 0 Å². The molecule has 3 rings (SSSR count). The van der Waals surface area contributed by atoms with E-state index in [-0.39, 0.29) is 5.39 Å². The zero-order valence-corrected chi connectivity index (χ0v) is 10.5. The zero-order chi connectivity index (χ0) is 14.3. The van der Waals surface area contributed by atoms with Crippen molar-refractivity contribution in [1.29, 1.82) is 0 Å². The SMILES string of the molecule is Cc1ccncc1-c1ccc2[nH]nc(C(F)(F)F)c2c1. The summed E-state index contributed by atoms with van der Waals surface area (Å²) in [6.45, 7) is 1.89. The number of rotatable bonds is 1. The fraction of sp³-hybridized carbons (Fsp3) is 0.143. The monoisotopic (exact) mass is 277 g/mol. The number of halogens is 3. The Morgan fingerprint density at radius 1 is 1.15 bits per heavy atom. The fourth-order valence-electron chi connectivity index (χ4n) is 2.16. The Hall–Kier alpha value is -2.37. The number of fused-ring (bicyclic) bond motifs is 1. The number of pyridine rings is 1. The molecule has 1 aromatic carbocycles. The van der Waals surface area contributed by atoms with Crippen molar-refractivity contribution in [3.05, 3.63) is 47.9 Å². The van der Waals surface area contributed by atoms with Crippen LogP contribution >= 0.6 is 0 Å². The molecule has 0 aliphatic rings. The van der Waals surface area contributed by atoms with Crippen molar-refractivity contribution in [3.8, 4) is 11.1 Å². The lowest BCUT2D eigenvalue weighted by molar-refractivity contribution is -0.139. The Labute approximate surface area is 112 Å². The summed E-state index contributed by atoms with van der Waals surface area (Å²) in [4.78, 5) is 4.02. The maximum atomic E-state index is 12.9. The van der Waals surface area contributed by atoms with E-state index in [1.807, 2.05) is 13.0 Å². The summed E-state index contributed by atoms with van der Waals surface area (Å²) in [5, 5.41) is 5.83. The first-order valence-electron chi connectivity index (χ1n) is 5.93. The van der Waals surface area contributed by atoms with Crippen molar-refractivity contribution >= 4 is 10.9 Å². The number of alkyl halides is 3. The van der Waals surface area contributed by atoms with Gasteiger partial charge in [-0.3, -0.25) is 10.1 Å². The standard InChI is InChI=1S/C14H10F3N3/c1-8-4-5-18-7-11(8)9-2-3-12-10(6-9)13(20-19-12)14(15,16)17/h2-7H,1H3,(H,19,20). The molecule has 2 heterocycles. The van der Waals surface area contributed by atoms with Crippen LogP contribution in [0.4, 0.5) is 13.2 Å². The van der Waals surface area contributed by atoms with Gasteiger partial charge in [0.05, 0.1) is 5.52 Å². The van der Waals surface area contributed by atoms with Crippen molar-refractivity contribution in [2.24, 2.45) is 0 Å². The van der Waals surface area contributed by atoms with E-state index >= 15 is 0 Å². The molecule has 2 aromatic heterocycles. The lowest BCUT2D eigenvalue weighted by Crippen LogP contribution is -2.05.